The maximum absolute atomic E-state index is 13.1. The third kappa shape index (κ3) is 5.27. The number of thioether (sulfide) groups is 1. The zero-order valence-corrected chi connectivity index (χ0v) is 20.2. The van der Waals surface area contributed by atoms with E-state index in [9.17, 15) is 9.59 Å². The Balaban J connectivity index is 1.65. The SMILES string of the molecule is COCCOC(=O)C1=C(C)N=C2SC=C(CC(=O)N3CCOCC3)N2[C@@H]1c1ccc(Cl)cc1. The number of halogens is 1. The van der Waals surface area contributed by atoms with Gasteiger partial charge in [-0.25, -0.2) is 9.79 Å². The molecule has 0 bridgehead atoms. The molecule has 1 saturated heterocycles. The summed E-state index contributed by atoms with van der Waals surface area (Å²) in [7, 11) is 1.55. The number of benzene rings is 1. The predicted molar refractivity (Wildman–Crippen MR) is 127 cm³/mol. The molecule has 0 saturated carbocycles. The molecular formula is C23H26ClN3O5S. The lowest BCUT2D eigenvalue weighted by Gasteiger charge is -2.37. The van der Waals surface area contributed by atoms with E-state index in [1.807, 2.05) is 27.3 Å². The number of fused-ring (bicyclic) bond motifs is 1. The number of allylic oxidation sites excluding steroid dienone is 1. The van der Waals surface area contributed by atoms with E-state index in [1.165, 1.54) is 11.8 Å². The molecule has 0 aromatic heterocycles. The lowest BCUT2D eigenvalue weighted by molar-refractivity contribution is -0.141. The number of esters is 1. The summed E-state index contributed by atoms with van der Waals surface area (Å²) in [6.07, 6.45) is 0.209. The Morgan fingerprint density at radius 1 is 1.21 bits per heavy atom. The van der Waals surface area contributed by atoms with Crippen molar-refractivity contribution in [2.24, 2.45) is 4.99 Å². The summed E-state index contributed by atoms with van der Waals surface area (Å²) < 4.78 is 15.8. The maximum atomic E-state index is 13.1. The molecule has 0 aliphatic carbocycles. The number of morpholine rings is 1. The van der Waals surface area contributed by atoms with Crippen LogP contribution in [0.15, 0.2) is 51.6 Å². The van der Waals surface area contributed by atoms with Gasteiger partial charge < -0.3 is 24.0 Å². The topological polar surface area (TPSA) is 80.7 Å². The third-order valence-electron chi connectivity index (χ3n) is 5.62. The van der Waals surface area contributed by atoms with Crippen LogP contribution in [0, 0.1) is 0 Å². The minimum atomic E-state index is -0.483. The highest BCUT2D eigenvalue weighted by atomic mass is 35.5. The number of ether oxygens (including phenoxy) is 3. The van der Waals surface area contributed by atoms with Crippen LogP contribution in [0.1, 0.15) is 24.9 Å². The summed E-state index contributed by atoms with van der Waals surface area (Å²) in [5.41, 5.74) is 2.68. The summed E-state index contributed by atoms with van der Waals surface area (Å²) >= 11 is 7.58. The predicted octanol–water partition coefficient (Wildman–Crippen LogP) is 3.35. The number of carbonyl (C=O) groups is 2. The fourth-order valence-corrected chi connectivity index (χ4v) is 5.06. The Labute approximate surface area is 202 Å². The van der Waals surface area contributed by atoms with E-state index in [-0.39, 0.29) is 18.9 Å². The van der Waals surface area contributed by atoms with Gasteiger partial charge in [-0.05, 0) is 30.0 Å². The summed E-state index contributed by atoms with van der Waals surface area (Å²) in [6, 6.07) is 6.86. The van der Waals surface area contributed by atoms with Gasteiger partial charge in [0.05, 0.1) is 43.6 Å². The second kappa shape index (κ2) is 10.7. The molecule has 1 aromatic rings. The van der Waals surface area contributed by atoms with Crippen molar-refractivity contribution < 1.29 is 23.8 Å². The van der Waals surface area contributed by atoms with Crippen molar-refractivity contribution in [3.63, 3.8) is 0 Å². The van der Waals surface area contributed by atoms with Gasteiger partial charge in [-0.15, -0.1) is 0 Å². The van der Waals surface area contributed by atoms with Gasteiger partial charge in [0, 0.05) is 30.9 Å². The van der Waals surface area contributed by atoms with Gasteiger partial charge in [0.25, 0.3) is 0 Å². The van der Waals surface area contributed by atoms with Gasteiger partial charge in [0.2, 0.25) is 5.91 Å². The molecule has 0 N–H and O–H groups in total. The average molecular weight is 492 g/mol. The van der Waals surface area contributed by atoms with Gasteiger partial charge in [0.1, 0.15) is 6.61 Å². The van der Waals surface area contributed by atoms with Crippen molar-refractivity contribution >= 4 is 40.4 Å². The molecular weight excluding hydrogens is 466 g/mol. The molecule has 176 valence electrons. The summed E-state index contributed by atoms with van der Waals surface area (Å²) in [4.78, 5) is 34.6. The Bertz CT molecular complexity index is 1000. The van der Waals surface area contributed by atoms with Gasteiger partial charge in [-0.1, -0.05) is 35.5 Å². The van der Waals surface area contributed by atoms with Crippen LogP contribution in [0.4, 0.5) is 0 Å². The van der Waals surface area contributed by atoms with Crippen molar-refractivity contribution in [2.75, 3.05) is 46.6 Å². The molecule has 10 heteroatoms. The second-order valence-corrected chi connectivity index (χ2v) is 9.02. The van der Waals surface area contributed by atoms with E-state index in [0.29, 0.717) is 49.2 Å². The van der Waals surface area contributed by atoms with Crippen molar-refractivity contribution in [2.45, 2.75) is 19.4 Å². The minimum Gasteiger partial charge on any atom is -0.460 e. The monoisotopic (exact) mass is 491 g/mol. The molecule has 3 heterocycles. The highest BCUT2D eigenvalue weighted by Gasteiger charge is 2.41. The Kier molecular flexibility index (Phi) is 7.75. The molecule has 1 aromatic carbocycles. The number of aliphatic imine (C=N–C) groups is 1. The lowest BCUT2D eigenvalue weighted by atomic mass is 9.94. The fraction of sp³-hybridized carbons (Fsp3) is 0.435. The number of carbonyl (C=O) groups excluding carboxylic acids is 2. The smallest absolute Gasteiger partial charge is 0.338 e. The number of rotatable bonds is 7. The van der Waals surface area contributed by atoms with Crippen LogP contribution in [0.2, 0.25) is 5.02 Å². The molecule has 1 fully saturated rings. The minimum absolute atomic E-state index is 0.0248. The standard InChI is InChI=1S/C23H26ClN3O5S/c1-15-20(22(29)32-12-11-30-2)21(16-3-5-17(24)6-4-16)27-18(14-33-23(27)25-15)13-19(28)26-7-9-31-10-8-26/h3-6,14,21H,7-13H2,1-2H3/t21-/m1/s1. The van der Waals surface area contributed by atoms with E-state index in [2.05, 4.69) is 4.99 Å². The first-order valence-electron chi connectivity index (χ1n) is 10.7. The summed E-state index contributed by atoms with van der Waals surface area (Å²) in [6.45, 7) is 4.50. The van der Waals surface area contributed by atoms with Crippen LogP contribution in [0.3, 0.4) is 0 Å². The number of nitrogens with zero attached hydrogens (tertiary/aromatic N) is 3. The molecule has 0 spiro atoms. The van der Waals surface area contributed by atoms with Crippen LogP contribution in [-0.4, -0.2) is 73.5 Å². The first kappa shape index (κ1) is 23.8. The number of hydrogen-bond donors (Lipinski definition) is 0. The van der Waals surface area contributed by atoms with Crippen LogP contribution in [0.25, 0.3) is 0 Å². The first-order valence-corrected chi connectivity index (χ1v) is 12.0. The lowest BCUT2D eigenvalue weighted by Crippen LogP contribution is -2.42. The van der Waals surface area contributed by atoms with Gasteiger partial charge >= 0.3 is 5.97 Å². The van der Waals surface area contributed by atoms with Crippen LogP contribution >= 0.6 is 23.4 Å². The molecule has 1 atom stereocenters. The molecule has 0 unspecified atom stereocenters. The zero-order chi connectivity index (χ0) is 23.4. The molecule has 3 aliphatic rings. The molecule has 33 heavy (non-hydrogen) atoms. The van der Waals surface area contributed by atoms with E-state index in [1.54, 1.807) is 26.2 Å². The quantitative estimate of drug-likeness (QED) is 0.427. The normalized spacial score (nSPS) is 20.4. The van der Waals surface area contributed by atoms with Gasteiger partial charge in [-0.2, -0.15) is 0 Å². The fourth-order valence-electron chi connectivity index (χ4n) is 3.97. The van der Waals surface area contributed by atoms with Crippen molar-refractivity contribution in [3.8, 4) is 0 Å². The molecule has 1 amide bonds. The highest BCUT2D eigenvalue weighted by molar-refractivity contribution is 8.16. The molecule has 0 radical (unpaired) electrons. The van der Waals surface area contributed by atoms with Gasteiger partial charge in [-0.3, -0.25) is 4.79 Å². The Morgan fingerprint density at radius 2 is 1.94 bits per heavy atom. The third-order valence-corrected chi connectivity index (χ3v) is 6.76. The van der Waals surface area contributed by atoms with E-state index in [4.69, 9.17) is 25.8 Å². The van der Waals surface area contributed by atoms with Crippen molar-refractivity contribution in [1.82, 2.24) is 9.80 Å². The zero-order valence-electron chi connectivity index (χ0n) is 18.6. The number of amides is 1. The van der Waals surface area contributed by atoms with Crippen LogP contribution < -0.4 is 0 Å². The number of methoxy groups -OCH3 is 1. The summed E-state index contributed by atoms with van der Waals surface area (Å²) in [5.74, 6) is -0.431. The molecule has 4 rings (SSSR count). The molecule has 3 aliphatic heterocycles. The first-order chi connectivity index (χ1) is 16.0. The highest BCUT2D eigenvalue weighted by Crippen LogP contribution is 2.45. The number of amidine groups is 1. The second-order valence-electron chi connectivity index (χ2n) is 7.74. The molecule has 8 nitrogen and oxygen atoms in total. The Morgan fingerprint density at radius 3 is 2.64 bits per heavy atom. The average Bonchev–Trinajstić information content (AvgIpc) is 3.21. The van der Waals surface area contributed by atoms with E-state index >= 15 is 0 Å². The largest absolute Gasteiger partial charge is 0.460 e. The Hall–Kier alpha value is -2.33. The van der Waals surface area contributed by atoms with E-state index in [0.717, 1.165) is 16.4 Å². The van der Waals surface area contributed by atoms with Crippen LogP contribution in [0.5, 0.6) is 0 Å². The van der Waals surface area contributed by atoms with Gasteiger partial charge in [0.15, 0.2) is 5.17 Å². The maximum Gasteiger partial charge on any atom is 0.338 e. The van der Waals surface area contributed by atoms with Crippen molar-refractivity contribution in [1.29, 1.82) is 0 Å². The summed E-state index contributed by atoms with van der Waals surface area (Å²) in [5, 5.41) is 3.26. The van der Waals surface area contributed by atoms with Crippen LogP contribution in [-0.2, 0) is 23.8 Å². The van der Waals surface area contributed by atoms with E-state index < -0.39 is 12.0 Å². The van der Waals surface area contributed by atoms with Crippen molar-refractivity contribution in [3.05, 3.63) is 57.2 Å². The number of hydrogen-bond acceptors (Lipinski definition) is 8.